The first kappa shape index (κ1) is 16.4. The van der Waals surface area contributed by atoms with Crippen molar-refractivity contribution in [3.8, 4) is 6.01 Å². The van der Waals surface area contributed by atoms with Crippen molar-refractivity contribution in [1.29, 1.82) is 0 Å². The zero-order valence-corrected chi connectivity index (χ0v) is 15.4. The molecule has 9 heteroatoms. The van der Waals surface area contributed by atoms with Crippen LogP contribution >= 0.6 is 0 Å². The van der Waals surface area contributed by atoms with Crippen LogP contribution in [0.3, 0.4) is 0 Å². The Morgan fingerprint density at radius 2 is 2.07 bits per heavy atom. The fraction of sp³-hybridized carbons (Fsp3) is 0.500. The molecule has 140 valence electrons. The van der Waals surface area contributed by atoms with Crippen LogP contribution < -0.4 is 9.64 Å². The lowest BCUT2D eigenvalue weighted by Crippen LogP contribution is -2.67. The van der Waals surface area contributed by atoms with Crippen molar-refractivity contribution < 1.29 is 9.47 Å². The Balaban J connectivity index is 1.30. The van der Waals surface area contributed by atoms with E-state index in [9.17, 15) is 0 Å². The number of rotatable bonds is 3. The first-order chi connectivity index (χ1) is 13.1. The van der Waals surface area contributed by atoms with Crippen molar-refractivity contribution in [2.75, 3.05) is 24.6 Å². The van der Waals surface area contributed by atoms with Gasteiger partial charge in [0.25, 0.3) is 5.78 Å². The summed E-state index contributed by atoms with van der Waals surface area (Å²) in [6, 6.07) is 4.35. The van der Waals surface area contributed by atoms with Gasteiger partial charge in [0.15, 0.2) is 0 Å². The summed E-state index contributed by atoms with van der Waals surface area (Å²) >= 11 is 0. The topological polar surface area (TPSA) is 90.6 Å². The molecule has 9 nitrogen and oxygen atoms in total. The minimum atomic E-state index is -0.198. The highest BCUT2D eigenvalue weighted by atomic mass is 16.5. The van der Waals surface area contributed by atoms with Crippen LogP contribution in [-0.4, -0.2) is 61.0 Å². The van der Waals surface area contributed by atoms with Crippen molar-refractivity contribution in [3.63, 3.8) is 0 Å². The Bertz CT molecular complexity index is 983. The molecule has 0 saturated carbocycles. The normalized spacial score (nSPS) is 21.4. The maximum Gasteiger partial charge on any atom is 0.316 e. The molecule has 2 aliphatic rings. The van der Waals surface area contributed by atoms with Crippen molar-refractivity contribution in [2.45, 2.75) is 38.4 Å². The third kappa shape index (κ3) is 2.97. The van der Waals surface area contributed by atoms with Crippen molar-refractivity contribution >= 4 is 11.6 Å². The van der Waals surface area contributed by atoms with Gasteiger partial charge in [-0.15, -0.1) is 0 Å². The van der Waals surface area contributed by atoms with E-state index < -0.39 is 0 Å². The van der Waals surface area contributed by atoms with Gasteiger partial charge in [-0.25, -0.2) is 15.0 Å². The second kappa shape index (κ2) is 6.12. The molecular weight excluding hydrogens is 346 g/mol. The van der Waals surface area contributed by atoms with Gasteiger partial charge in [-0.1, -0.05) is 0 Å². The van der Waals surface area contributed by atoms with E-state index in [2.05, 4.69) is 29.9 Å². The second-order valence-electron chi connectivity index (χ2n) is 7.33. The van der Waals surface area contributed by atoms with Crippen LogP contribution in [0.1, 0.15) is 24.2 Å². The predicted molar refractivity (Wildman–Crippen MR) is 96.8 cm³/mol. The number of nitrogens with zero attached hydrogens (tertiary/aromatic N) is 7. The van der Waals surface area contributed by atoms with E-state index in [0.717, 1.165) is 43.1 Å². The number of anilines is 1. The first-order valence-corrected chi connectivity index (χ1v) is 9.13. The monoisotopic (exact) mass is 367 g/mol. The Hall–Kier alpha value is -2.81. The Morgan fingerprint density at radius 3 is 2.93 bits per heavy atom. The molecule has 0 bridgehead atoms. The average Bonchev–Trinajstić information content (AvgIpc) is 3.07. The zero-order chi connectivity index (χ0) is 18.4. The minimum Gasteiger partial charge on any atom is -0.460 e. The van der Waals surface area contributed by atoms with Gasteiger partial charge < -0.3 is 14.4 Å². The highest BCUT2D eigenvalue weighted by Crippen LogP contribution is 2.38. The van der Waals surface area contributed by atoms with E-state index in [1.165, 1.54) is 6.33 Å². The van der Waals surface area contributed by atoms with Crippen LogP contribution in [0.25, 0.3) is 5.78 Å². The van der Waals surface area contributed by atoms with E-state index in [1.54, 1.807) is 10.7 Å². The molecule has 2 saturated heterocycles. The Labute approximate surface area is 156 Å². The molecule has 3 aromatic heterocycles. The smallest absolute Gasteiger partial charge is 0.316 e. The average molecular weight is 367 g/mol. The van der Waals surface area contributed by atoms with E-state index >= 15 is 0 Å². The summed E-state index contributed by atoms with van der Waals surface area (Å²) in [5.41, 5.74) is 1.63. The van der Waals surface area contributed by atoms with Crippen molar-refractivity contribution in [2.24, 2.45) is 0 Å². The molecule has 0 N–H and O–H groups in total. The van der Waals surface area contributed by atoms with E-state index in [0.29, 0.717) is 18.4 Å². The summed E-state index contributed by atoms with van der Waals surface area (Å²) in [6.07, 6.45) is 5.00. The third-order valence-electron chi connectivity index (χ3n) is 5.14. The largest absolute Gasteiger partial charge is 0.460 e. The summed E-state index contributed by atoms with van der Waals surface area (Å²) in [6.45, 7) is 6.17. The fourth-order valence-corrected chi connectivity index (χ4v) is 3.88. The van der Waals surface area contributed by atoms with Gasteiger partial charge in [0.2, 0.25) is 0 Å². The van der Waals surface area contributed by atoms with Gasteiger partial charge in [0, 0.05) is 36.5 Å². The third-order valence-corrected chi connectivity index (χ3v) is 5.14. The van der Waals surface area contributed by atoms with E-state index in [1.807, 2.05) is 26.0 Å². The zero-order valence-electron chi connectivity index (χ0n) is 15.4. The highest BCUT2D eigenvalue weighted by Gasteiger charge is 2.49. The van der Waals surface area contributed by atoms with Gasteiger partial charge in [0.05, 0.1) is 19.7 Å². The number of hydrogen-bond donors (Lipinski definition) is 0. The summed E-state index contributed by atoms with van der Waals surface area (Å²) in [4.78, 5) is 19.4. The molecule has 1 unspecified atom stereocenters. The molecule has 1 atom stereocenters. The van der Waals surface area contributed by atoms with Gasteiger partial charge >= 0.3 is 6.01 Å². The molecule has 2 fully saturated rings. The highest BCUT2D eigenvalue weighted by molar-refractivity contribution is 5.50. The molecule has 3 aromatic rings. The van der Waals surface area contributed by atoms with E-state index in [4.69, 9.17) is 9.47 Å². The van der Waals surface area contributed by atoms with Crippen molar-refractivity contribution in [1.82, 2.24) is 29.5 Å². The van der Waals surface area contributed by atoms with E-state index in [-0.39, 0.29) is 11.7 Å². The minimum absolute atomic E-state index is 0.0632. The molecule has 2 aliphatic heterocycles. The SMILES string of the molecule is Cc1ccnc(OC2CCOC3(C2)CN(c2cc(C)nc4ncnn24)C3)n1. The van der Waals surface area contributed by atoms with Crippen LogP contribution in [-0.2, 0) is 4.74 Å². The maximum absolute atomic E-state index is 6.15. The summed E-state index contributed by atoms with van der Waals surface area (Å²) in [5.74, 6) is 1.61. The summed E-state index contributed by atoms with van der Waals surface area (Å²) in [5, 5.41) is 4.29. The Morgan fingerprint density at radius 1 is 1.19 bits per heavy atom. The molecule has 0 aromatic carbocycles. The molecule has 27 heavy (non-hydrogen) atoms. The standard InChI is InChI=1S/C18H21N7O2/c1-12-3-5-19-17(23-12)27-14-4-6-26-18(8-14)9-24(10-18)15-7-13(2)22-16-20-11-21-25(15)16/h3,5,7,11,14H,4,6,8-10H2,1-2H3. The molecule has 5 heterocycles. The number of fused-ring (bicyclic) bond motifs is 1. The van der Waals surface area contributed by atoms with Crippen LogP contribution in [0.15, 0.2) is 24.7 Å². The van der Waals surface area contributed by atoms with Crippen LogP contribution in [0.5, 0.6) is 6.01 Å². The number of ether oxygens (including phenoxy) is 2. The lowest BCUT2D eigenvalue weighted by Gasteiger charge is -2.53. The second-order valence-corrected chi connectivity index (χ2v) is 7.33. The molecular formula is C18H21N7O2. The van der Waals surface area contributed by atoms with Crippen molar-refractivity contribution in [3.05, 3.63) is 36.0 Å². The molecule has 1 spiro atoms. The predicted octanol–water partition coefficient (Wildman–Crippen LogP) is 1.35. The fourth-order valence-electron chi connectivity index (χ4n) is 3.88. The summed E-state index contributed by atoms with van der Waals surface area (Å²) < 4.78 is 13.9. The van der Waals surface area contributed by atoms with Gasteiger partial charge in [-0.05, 0) is 19.9 Å². The van der Waals surface area contributed by atoms with Gasteiger partial charge in [-0.3, -0.25) is 0 Å². The van der Waals surface area contributed by atoms with Crippen LogP contribution in [0.2, 0.25) is 0 Å². The van der Waals surface area contributed by atoms with Crippen LogP contribution in [0.4, 0.5) is 5.82 Å². The molecule has 0 aliphatic carbocycles. The molecule has 0 amide bonds. The summed E-state index contributed by atoms with van der Waals surface area (Å²) in [7, 11) is 0. The van der Waals surface area contributed by atoms with Crippen LogP contribution in [0, 0.1) is 13.8 Å². The number of aryl methyl sites for hydroxylation is 2. The lowest BCUT2D eigenvalue weighted by atomic mass is 9.84. The number of hydrogen-bond acceptors (Lipinski definition) is 8. The Kier molecular flexibility index (Phi) is 3.71. The molecule has 0 radical (unpaired) electrons. The van der Waals surface area contributed by atoms with Gasteiger partial charge in [0.1, 0.15) is 23.9 Å². The number of aromatic nitrogens is 6. The quantitative estimate of drug-likeness (QED) is 0.685. The molecule has 5 rings (SSSR count). The first-order valence-electron chi connectivity index (χ1n) is 9.13. The lowest BCUT2D eigenvalue weighted by molar-refractivity contribution is -0.127. The van der Waals surface area contributed by atoms with Gasteiger partial charge in [-0.2, -0.15) is 14.6 Å². The maximum atomic E-state index is 6.15.